The van der Waals surface area contributed by atoms with Crippen LogP contribution in [0.1, 0.15) is 19.8 Å². The minimum absolute atomic E-state index is 0.844. The van der Waals surface area contributed by atoms with E-state index in [4.69, 9.17) is 5.73 Å². The summed E-state index contributed by atoms with van der Waals surface area (Å²) in [6, 6.07) is 0. The summed E-state index contributed by atoms with van der Waals surface area (Å²) in [5.74, 6) is 2.53. The highest BCUT2D eigenvalue weighted by Gasteiger charge is 1.83. The number of rotatable bonds is 5. The third kappa shape index (κ3) is 6.31. The quantitative estimate of drug-likeness (QED) is 0.575. The van der Waals surface area contributed by atoms with Crippen molar-refractivity contribution in [2.24, 2.45) is 5.73 Å². The molecule has 0 rings (SSSR count). The fraction of sp³-hybridized carbons (Fsp3) is 1.00. The van der Waals surface area contributed by atoms with Crippen molar-refractivity contribution < 1.29 is 0 Å². The average Bonchev–Trinajstić information content (AvgIpc) is 1.81. The van der Waals surface area contributed by atoms with E-state index in [0.29, 0.717) is 0 Å². The van der Waals surface area contributed by atoms with Gasteiger partial charge in [-0.3, -0.25) is 0 Å². The lowest BCUT2D eigenvalue weighted by Crippen LogP contribution is -1.99. The predicted octanol–water partition coefficient (Wildman–Crippen LogP) is 1.48. The highest BCUT2D eigenvalue weighted by molar-refractivity contribution is 7.99. The van der Waals surface area contributed by atoms with E-state index in [0.717, 1.165) is 6.54 Å². The number of hydrogen-bond acceptors (Lipinski definition) is 2. The highest BCUT2D eigenvalue weighted by atomic mass is 32.2. The maximum atomic E-state index is 5.30. The Morgan fingerprint density at radius 2 is 2.12 bits per heavy atom. The zero-order chi connectivity index (χ0) is 6.24. The largest absolute Gasteiger partial charge is 0.330 e. The van der Waals surface area contributed by atoms with Crippen LogP contribution in [0.15, 0.2) is 0 Å². The number of thioether (sulfide) groups is 1. The Morgan fingerprint density at radius 1 is 1.38 bits per heavy atom. The van der Waals surface area contributed by atoms with Gasteiger partial charge in [0.15, 0.2) is 0 Å². The molecule has 2 N–H and O–H groups in total. The van der Waals surface area contributed by atoms with E-state index in [9.17, 15) is 0 Å². The fourth-order valence-corrected chi connectivity index (χ4v) is 1.30. The van der Waals surface area contributed by atoms with Crippen LogP contribution in [0.4, 0.5) is 0 Å². The summed E-state index contributed by atoms with van der Waals surface area (Å²) in [6.07, 6.45) is 2.46. The van der Waals surface area contributed by atoms with Crippen LogP contribution in [0.2, 0.25) is 0 Å². The summed E-state index contributed by atoms with van der Waals surface area (Å²) < 4.78 is 0. The molecular formula is C6H15NS. The first-order chi connectivity index (χ1) is 3.91. The molecule has 50 valence electrons. The Kier molecular flexibility index (Phi) is 7.59. The van der Waals surface area contributed by atoms with Crippen molar-refractivity contribution in [2.45, 2.75) is 19.8 Å². The Balaban J connectivity index is 2.53. The summed E-state index contributed by atoms with van der Waals surface area (Å²) >= 11 is 2.00. The summed E-state index contributed by atoms with van der Waals surface area (Å²) in [6.45, 7) is 3.05. The molecule has 0 unspecified atom stereocenters. The van der Waals surface area contributed by atoms with Gasteiger partial charge in [-0.25, -0.2) is 0 Å². The van der Waals surface area contributed by atoms with Crippen molar-refractivity contribution in [3.8, 4) is 0 Å². The highest BCUT2D eigenvalue weighted by Crippen LogP contribution is 2.02. The Hall–Kier alpha value is 0.310. The first-order valence-electron chi connectivity index (χ1n) is 3.19. The molecule has 0 saturated carbocycles. The minimum Gasteiger partial charge on any atom is -0.330 e. The van der Waals surface area contributed by atoms with E-state index in [-0.39, 0.29) is 0 Å². The van der Waals surface area contributed by atoms with Gasteiger partial charge in [0.25, 0.3) is 0 Å². The summed E-state index contributed by atoms with van der Waals surface area (Å²) in [7, 11) is 0. The third-order valence-electron chi connectivity index (χ3n) is 0.841. The first-order valence-corrected chi connectivity index (χ1v) is 4.35. The lowest BCUT2D eigenvalue weighted by molar-refractivity contribution is 0.941. The Bertz CT molecular complexity index is 33.5. The SMILES string of the molecule is CCCSCCCN. The topological polar surface area (TPSA) is 26.0 Å². The summed E-state index contributed by atoms with van der Waals surface area (Å²) in [4.78, 5) is 0. The van der Waals surface area contributed by atoms with Gasteiger partial charge in [0.1, 0.15) is 0 Å². The number of hydrogen-bond donors (Lipinski definition) is 1. The van der Waals surface area contributed by atoms with E-state index < -0.39 is 0 Å². The molecule has 0 radical (unpaired) electrons. The predicted molar refractivity (Wildman–Crippen MR) is 41.3 cm³/mol. The maximum absolute atomic E-state index is 5.30. The number of nitrogens with two attached hydrogens (primary N) is 1. The van der Waals surface area contributed by atoms with Gasteiger partial charge in [-0.1, -0.05) is 6.92 Å². The lowest BCUT2D eigenvalue weighted by atomic mass is 10.5. The molecule has 0 bridgehead atoms. The molecule has 1 nitrogen and oxygen atoms in total. The molecular weight excluding hydrogens is 118 g/mol. The molecule has 0 amide bonds. The second-order valence-electron chi connectivity index (χ2n) is 1.75. The van der Waals surface area contributed by atoms with Crippen molar-refractivity contribution in [3.63, 3.8) is 0 Å². The second-order valence-corrected chi connectivity index (χ2v) is 2.98. The zero-order valence-electron chi connectivity index (χ0n) is 5.52. The Labute approximate surface area is 56.0 Å². The molecule has 0 aromatic heterocycles. The van der Waals surface area contributed by atoms with E-state index in [1.165, 1.54) is 24.3 Å². The van der Waals surface area contributed by atoms with Crippen LogP contribution >= 0.6 is 11.8 Å². The molecule has 0 aromatic rings. The Morgan fingerprint density at radius 3 is 2.62 bits per heavy atom. The molecule has 0 aliphatic heterocycles. The smallest absolute Gasteiger partial charge is 0.00555 e. The van der Waals surface area contributed by atoms with Gasteiger partial charge < -0.3 is 5.73 Å². The molecule has 0 aromatic carbocycles. The van der Waals surface area contributed by atoms with Crippen LogP contribution in [-0.4, -0.2) is 18.1 Å². The fourth-order valence-electron chi connectivity index (χ4n) is 0.432. The molecule has 0 heterocycles. The van der Waals surface area contributed by atoms with Crippen LogP contribution in [0, 0.1) is 0 Å². The van der Waals surface area contributed by atoms with Gasteiger partial charge >= 0.3 is 0 Å². The third-order valence-corrected chi connectivity index (χ3v) is 2.12. The molecule has 0 atom stereocenters. The van der Waals surface area contributed by atoms with E-state index in [1.54, 1.807) is 0 Å². The summed E-state index contributed by atoms with van der Waals surface area (Å²) in [5, 5.41) is 0. The van der Waals surface area contributed by atoms with Crippen LogP contribution in [-0.2, 0) is 0 Å². The minimum atomic E-state index is 0.844. The van der Waals surface area contributed by atoms with Crippen LogP contribution in [0.5, 0.6) is 0 Å². The normalized spacial score (nSPS) is 9.75. The van der Waals surface area contributed by atoms with Crippen molar-refractivity contribution in [1.29, 1.82) is 0 Å². The molecule has 0 aliphatic rings. The summed E-state index contributed by atoms with van der Waals surface area (Å²) in [5.41, 5.74) is 5.30. The van der Waals surface area contributed by atoms with Gasteiger partial charge in [-0.2, -0.15) is 11.8 Å². The molecule has 0 spiro atoms. The van der Waals surface area contributed by atoms with Crippen molar-refractivity contribution >= 4 is 11.8 Å². The molecule has 0 aliphatic carbocycles. The van der Waals surface area contributed by atoms with Crippen LogP contribution < -0.4 is 5.73 Å². The monoisotopic (exact) mass is 133 g/mol. The van der Waals surface area contributed by atoms with Crippen LogP contribution in [0.25, 0.3) is 0 Å². The van der Waals surface area contributed by atoms with E-state index in [1.807, 2.05) is 11.8 Å². The van der Waals surface area contributed by atoms with Gasteiger partial charge in [-0.05, 0) is 30.9 Å². The second kappa shape index (κ2) is 7.31. The van der Waals surface area contributed by atoms with Crippen molar-refractivity contribution in [1.82, 2.24) is 0 Å². The molecule has 2 heteroatoms. The lowest BCUT2D eigenvalue weighted by Gasteiger charge is -1.94. The first kappa shape index (κ1) is 8.31. The van der Waals surface area contributed by atoms with Gasteiger partial charge in [0.05, 0.1) is 0 Å². The molecule has 0 saturated heterocycles. The van der Waals surface area contributed by atoms with Crippen molar-refractivity contribution in [2.75, 3.05) is 18.1 Å². The maximum Gasteiger partial charge on any atom is -0.00555 e. The van der Waals surface area contributed by atoms with Crippen LogP contribution in [0.3, 0.4) is 0 Å². The molecule has 0 fully saturated rings. The standard InChI is InChI=1S/C6H15NS/c1-2-5-8-6-3-4-7/h2-7H2,1H3. The zero-order valence-corrected chi connectivity index (χ0v) is 6.34. The van der Waals surface area contributed by atoms with Gasteiger partial charge in [0, 0.05) is 0 Å². The average molecular weight is 133 g/mol. The van der Waals surface area contributed by atoms with Gasteiger partial charge in [-0.15, -0.1) is 0 Å². The van der Waals surface area contributed by atoms with E-state index >= 15 is 0 Å². The van der Waals surface area contributed by atoms with Crippen molar-refractivity contribution in [3.05, 3.63) is 0 Å². The van der Waals surface area contributed by atoms with E-state index in [2.05, 4.69) is 6.92 Å². The van der Waals surface area contributed by atoms with Gasteiger partial charge in [0.2, 0.25) is 0 Å². The molecule has 8 heavy (non-hydrogen) atoms.